The van der Waals surface area contributed by atoms with Gasteiger partial charge in [0.2, 0.25) is 5.91 Å². The number of ether oxygens (including phenoxy) is 1. The molecule has 1 unspecified atom stereocenters. The summed E-state index contributed by atoms with van der Waals surface area (Å²) < 4.78 is 5.68. The normalized spacial score (nSPS) is 29.2. The van der Waals surface area contributed by atoms with Crippen LogP contribution in [0.4, 0.5) is 0 Å². The molecule has 0 bridgehead atoms. The first-order chi connectivity index (χ1) is 7.75. The molecule has 2 fully saturated rings. The summed E-state index contributed by atoms with van der Waals surface area (Å²) in [6.07, 6.45) is 1.22. The highest BCUT2D eigenvalue weighted by Crippen LogP contribution is 2.07. The molecule has 5 nitrogen and oxygen atoms in total. The SMILES string of the molecule is CN1CCOC(CN2CCCNCC2=O)C1. The minimum Gasteiger partial charge on any atom is -0.374 e. The number of carbonyl (C=O) groups excluding carboxylic acids is 1. The molecule has 0 aromatic carbocycles. The molecule has 2 saturated heterocycles. The Kier molecular flexibility index (Phi) is 4.15. The number of hydrogen-bond acceptors (Lipinski definition) is 4. The molecule has 0 aliphatic carbocycles. The molecule has 2 aliphatic heterocycles. The quantitative estimate of drug-likeness (QED) is 0.667. The van der Waals surface area contributed by atoms with E-state index in [0.717, 1.165) is 45.8 Å². The molecule has 0 aromatic heterocycles. The molecular formula is C11H21N3O2. The Labute approximate surface area is 96.7 Å². The van der Waals surface area contributed by atoms with Gasteiger partial charge in [-0.15, -0.1) is 0 Å². The number of nitrogens with zero attached hydrogens (tertiary/aromatic N) is 2. The van der Waals surface area contributed by atoms with Crippen LogP contribution in [0.3, 0.4) is 0 Å². The Bertz CT molecular complexity index is 247. The van der Waals surface area contributed by atoms with Crippen molar-refractivity contribution >= 4 is 5.91 Å². The first kappa shape index (κ1) is 11.8. The van der Waals surface area contributed by atoms with Crippen molar-refractivity contribution in [3.8, 4) is 0 Å². The Morgan fingerprint density at radius 1 is 1.50 bits per heavy atom. The highest BCUT2D eigenvalue weighted by molar-refractivity contribution is 5.78. The van der Waals surface area contributed by atoms with E-state index in [2.05, 4.69) is 17.3 Å². The van der Waals surface area contributed by atoms with Crippen molar-refractivity contribution in [2.24, 2.45) is 0 Å². The lowest BCUT2D eigenvalue weighted by Crippen LogP contribution is -2.48. The topological polar surface area (TPSA) is 44.8 Å². The zero-order valence-electron chi connectivity index (χ0n) is 9.95. The van der Waals surface area contributed by atoms with Crippen molar-refractivity contribution in [2.45, 2.75) is 12.5 Å². The third-order valence-electron chi connectivity index (χ3n) is 3.18. The highest BCUT2D eigenvalue weighted by atomic mass is 16.5. The smallest absolute Gasteiger partial charge is 0.236 e. The van der Waals surface area contributed by atoms with Crippen molar-refractivity contribution in [3.05, 3.63) is 0 Å². The molecule has 1 N–H and O–H groups in total. The van der Waals surface area contributed by atoms with Crippen LogP contribution in [-0.2, 0) is 9.53 Å². The summed E-state index contributed by atoms with van der Waals surface area (Å²) in [5.74, 6) is 0.203. The monoisotopic (exact) mass is 227 g/mol. The molecule has 2 heterocycles. The fourth-order valence-corrected chi connectivity index (χ4v) is 2.24. The number of carbonyl (C=O) groups is 1. The van der Waals surface area contributed by atoms with Crippen LogP contribution in [0, 0.1) is 0 Å². The maximum atomic E-state index is 11.8. The van der Waals surface area contributed by atoms with E-state index in [1.165, 1.54) is 0 Å². The number of morpholine rings is 1. The Balaban J connectivity index is 1.84. The summed E-state index contributed by atoms with van der Waals surface area (Å²) >= 11 is 0. The van der Waals surface area contributed by atoms with Gasteiger partial charge in [0.1, 0.15) is 0 Å². The van der Waals surface area contributed by atoms with Crippen molar-refractivity contribution in [2.75, 3.05) is 52.9 Å². The minimum absolute atomic E-state index is 0.181. The second kappa shape index (κ2) is 5.61. The fraction of sp³-hybridized carbons (Fsp3) is 0.909. The first-order valence-corrected chi connectivity index (χ1v) is 6.04. The molecule has 2 rings (SSSR count). The van der Waals surface area contributed by atoms with Gasteiger partial charge in [0.05, 0.1) is 19.3 Å². The molecule has 1 amide bonds. The van der Waals surface area contributed by atoms with Gasteiger partial charge in [-0.2, -0.15) is 0 Å². The zero-order valence-corrected chi connectivity index (χ0v) is 9.95. The third kappa shape index (κ3) is 3.17. The van der Waals surface area contributed by atoms with Crippen LogP contribution >= 0.6 is 0 Å². The summed E-state index contributed by atoms with van der Waals surface area (Å²) in [5.41, 5.74) is 0. The van der Waals surface area contributed by atoms with E-state index in [-0.39, 0.29) is 12.0 Å². The number of amides is 1. The second-order valence-corrected chi connectivity index (χ2v) is 4.63. The van der Waals surface area contributed by atoms with Crippen LogP contribution in [-0.4, -0.2) is 74.7 Å². The van der Waals surface area contributed by atoms with Crippen molar-refractivity contribution in [1.29, 1.82) is 0 Å². The van der Waals surface area contributed by atoms with E-state index >= 15 is 0 Å². The van der Waals surface area contributed by atoms with Gasteiger partial charge in [-0.1, -0.05) is 0 Å². The van der Waals surface area contributed by atoms with Gasteiger partial charge >= 0.3 is 0 Å². The average Bonchev–Trinajstić information content (AvgIpc) is 2.45. The second-order valence-electron chi connectivity index (χ2n) is 4.63. The lowest BCUT2D eigenvalue weighted by Gasteiger charge is -2.33. The molecule has 0 spiro atoms. The van der Waals surface area contributed by atoms with Gasteiger partial charge in [-0.25, -0.2) is 0 Å². The van der Waals surface area contributed by atoms with Crippen LogP contribution in [0.15, 0.2) is 0 Å². The van der Waals surface area contributed by atoms with Gasteiger partial charge in [-0.3, -0.25) is 4.79 Å². The standard InChI is InChI=1S/C11H21N3O2/c1-13-5-6-16-10(8-13)9-14-4-2-3-12-7-11(14)15/h10,12H,2-9H2,1H3. The van der Waals surface area contributed by atoms with Crippen LogP contribution in [0.5, 0.6) is 0 Å². The molecule has 16 heavy (non-hydrogen) atoms. The fourth-order valence-electron chi connectivity index (χ4n) is 2.24. The van der Waals surface area contributed by atoms with E-state index in [9.17, 15) is 4.79 Å². The van der Waals surface area contributed by atoms with Gasteiger partial charge in [0, 0.05) is 26.2 Å². The molecule has 5 heteroatoms. The van der Waals surface area contributed by atoms with Gasteiger partial charge < -0.3 is 19.9 Å². The van der Waals surface area contributed by atoms with E-state index in [0.29, 0.717) is 6.54 Å². The lowest BCUT2D eigenvalue weighted by molar-refractivity contribution is -0.132. The van der Waals surface area contributed by atoms with Crippen LogP contribution in [0.25, 0.3) is 0 Å². The predicted octanol–water partition coefficient (Wildman–Crippen LogP) is -0.861. The summed E-state index contributed by atoms with van der Waals surface area (Å²) in [4.78, 5) is 16.0. The van der Waals surface area contributed by atoms with E-state index in [1.54, 1.807) is 0 Å². The molecule has 0 aromatic rings. The lowest BCUT2D eigenvalue weighted by atomic mass is 10.2. The Morgan fingerprint density at radius 3 is 3.19 bits per heavy atom. The summed E-state index contributed by atoms with van der Waals surface area (Å²) in [5, 5.41) is 3.13. The summed E-state index contributed by atoms with van der Waals surface area (Å²) in [7, 11) is 2.10. The number of hydrogen-bond donors (Lipinski definition) is 1. The molecule has 0 saturated carbocycles. The largest absolute Gasteiger partial charge is 0.374 e. The van der Waals surface area contributed by atoms with Gasteiger partial charge in [0.25, 0.3) is 0 Å². The molecule has 1 atom stereocenters. The predicted molar refractivity (Wildman–Crippen MR) is 61.3 cm³/mol. The maximum absolute atomic E-state index is 11.8. The van der Waals surface area contributed by atoms with Gasteiger partial charge in [0.15, 0.2) is 0 Å². The van der Waals surface area contributed by atoms with Crippen LogP contribution in [0.1, 0.15) is 6.42 Å². The van der Waals surface area contributed by atoms with Crippen molar-refractivity contribution in [1.82, 2.24) is 15.1 Å². The molecule has 2 aliphatic rings. The number of likely N-dealkylation sites (N-methyl/N-ethyl adjacent to an activating group) is 1. The molecule has 92 valence electrons. The highest BCUT2D eigenvalue weighted by Gasteiger charge is 2.23. The van der Waals surface area contributed by atoms with Gasteiger partial charge in [-0.05, 0) is 20.0 Å². The Hall–Kier alpha value is -0.650. The molecular weight excluding hydrogens is 206 g/mol. The third-order valence-corrected chi connectivity index (χ3v) is 3.18. The van der Waals surface area contributed by atoms with E-state index in [4.69, 9.17) is 4.74 Å². The van der Waals surface area contributed by atoms with Crippen LogP contribution < -0.4 is 5.32 Å². The van der Waals surface area contributed by atoms with Crippen LogP contribution in [0.2, 0.25) is 0 Å². The number of nitrogens with one attached hydrogen (secondary N) is 1. The summed E-state index contributed by atoms with van der Waals surface area (Å²) in [6, 6.07) is 0. The summed E-state index contributed by atoms with van der Waals surface area (Å²) in [6.45, 7) is 5.71. The average molecular weight is 227 g/mol. The zero-order chi connectivity index (χ0) is 11.4. The number of rotatable bonds is 2. The minimum atomic E-state index is 0.181. The van der Waals surface area contributed by atoms with E-state index in [1.807, 2.05) is 4.90 Å². The van der Waals surface area contributed by atoms with E-state index < -0.39 is 0 Å². The first-order valence-electron chi connectivity index (χ1n) is 6.04. The van der Waals surface area contributed by atoms with Crippen molar-refractivity contribution < 1.29 is 9.53 Å². The molecule has 0 radical (unpaired) electrons. The van der Waals surface area contributed by atoms with Crippen molar-refractivity contribution in [3.63, 3.8) is 0 Å². The maximum Gasteiger partial charge on any atom is 0.236 e. The Morgan fingerprint density at radius 2 is 2.38 bits per heavy atom.